The fraction of sp³-hybridized carbons (Fsp3) is 0.387. The molecule has 10 heteroatoms. The van der Waals surface area contributed by atoms with Crippen molar-refractivity contribution >= 4 is 21.7 Å². The highest BCUT2D eigenvalue weighted by atomic mass is 19.1. The summed E-state index contributed by atoms with van der Waals surface area (Å²) in [6, 6.07) is 5.26. The van der Waals surface area contributed by atoms with Crippen LogP contribution >= 0.6 is 0 Å². The van der Waals surface area contributed by atoms with Gasteiger partial charge < -0.3 is 14.9 Å². The number of rotatable bonds is 5. The first kappa shape index (κ1) is 26.0. The van der Waals surface area contributed by atoms with Gasteiger partial charge in [-0.1, -0.05) is 12.0 Å². The predicted molar refractivity (Wildman–Crippen MR) is 146 cm³/mol. The van der Waals surface area contributed by atoms with Crippen molar-refractivity contribution in [3.63, 3.8) is 0 Å². The van der Waals surface area contributed by atoms with Gasteiger partial charge in [-0.05, 0) is 56.3 Å². The van der Waals surface area contributed by atoms with Gasteiger partial charge in [-0.15, -0.1) is 6.42 Å². The maximum Gasteiger partial charge on any atom is 0.317 e. The van der Waals surface area contributed by atoms with E-state index in [0.717, 1.165) is 19.4 Å². The molecule has 4 heterocycles. The van der Waals surface area contributed by atoms with E-state index in [4.69, 9.17) is 11.2 Å². The molecule has 210 valence electrons. The largest absolute Gasteiger partial charge is 0.508 e. The second kappa shape index (κ2) is 9.03. The number of pyridine rings is 1. The molecule has 2 aromatic heterocycles. The molecule has 2 saturated heterocycles. The summed E-state index contributed by atoms with van der Waals surface area (Å²) in [5.41, 5.74) is -1.33. The molecule has 1 unspecified atom stereocenters. The molecule has 7 rings (SSSR count). The molecule has 1 aliphatic carbocycles. The number of nitrogens with zero attached hydrogens (tertiary/aromatic N) is 4. The van der Waals surface area contributed by atoms with E-state index in [1.54, 1.807) is 6.92 Å². The van der Waals surface area contributed by atoms with E-state index in [1.807, 2.05) is 0 Å². The minimum absolute atomic E-state index is 0.0779. The molecular formula is C31H27F3N4O3. The number of ether oxygens (including phenoxy) is 1. The lowest BCUT2D eigenvalue weighted by Gasteiger charge is -2.30. The SMILES string of the molecule is C#Cc1c(F)ccc2cc(O)cc(-c3ncc4c(C5C[C@@]5(C)O)nc(OC[C@@]56CCCN5C[C@H](F)C6)nc4c3F)c12. The maximum absolute atomic E-state index is 16.4. The number of terminal acetylenes is 1. The summed E-state index contributed by atoms with van der Waals surface area (Å²) < 4.78 is 51.5. The Bertz CT molecular complexity index is 1790. The van der Waals surface area contributed by atoms with E-state index in [-0.39, 0.29) is 52.0 Å². The third-order valence-electron chi connectivity index (χ3n) is 8.91. The number of hydrogen-bond acceptors (Lipinski definition) is 7. The van der Waals surface area contributed by atoms with Crippen LogP contribution in [0, 0.1) is 24.0 Å². The molecule has 0 bridgehead atoms. The number of halogens is 3. The number of phenolic OH excluding ortho intramolecular Hbond substituents is 1. The first-order valence-corrected chi connectivity index (χ1v) is 13.6. The number of aromatic hydroxyl groups is 1. The van der Waals surface area contributed by atoms with Crippen molar-refractivity contribution in [2.24, 2.45) is 0 Å². The summed E-state index contributed by atoms with van der Waals surface area (Å²) in [6.07, 6.45) is 8.58. The molecule has 0 amide bonds. The first-order valence-electron chi connectivity index (χ1n) is 13.6. The van der Waals surface area contributed by atoms with Crippen molar-refractivity contribution in [1.82, 2.24) is 19.9 Å². The Kier molecular flexibility index (Phi) is 5.72. The Morgan fingerprint density at radius 1 is 1.22 bits per heavy atom. The summed E-state index contributed by atoms with van der Waals surface area (Å²) >= 11 is 0. The highest BCUT2D eigenvalue weighted by Crippen LogP contribution is 2.52. The molecule has 1 saturated carbocycles. The van der Waals surface area contributed by atoms with E-state index in [0.29, 0.717) is 35.9 Å². The highest BCUT2D eigenvalue weighted by molar-refractivity contribution is 6.02. The summed E-state index contributed by atoms with van der Waals surface area (Å²) in [7, 11) is 0. The smallest absolute Gasteiger partial charge is 0.317 e. The van der Waals surface area contributed by atoms with Gasteiger partial charge in [0.15, 0.2) is 5.82 Å². The van der Waals surface area contributed by atoms with Crippen LogP contribution in [0.3, 0.4) is 0 Å². The molecule has 2 N–H and O–H groups in total. The second-order valence-electron chi connectivity index (χ2n) is 11.7. The standard InChI is InChI=1S/C31H27F3N4O3/c1-3-19-23(33)6-5-16-9-18(39)10-20(24(16)19)27-25(34)28-21(13-35-27)26(22-12-30(22,2)40)36-29(37-28)41-15-31-7-4-8-38(31)14-17(32)11-31/h1,5-6,9-10,13,17,22,39-40H,4,7-8,11-12,14-15H2,2H3/t17-,22?,30-,31+/m1/s1. The van der Waals surface area contributed by atoms with Crippen LogP contribution < -0.4 is 4.74 Å². The Hall–Kier alpha value is -3.94. The lowest BCUT2D eigenvalue weighted by molar-refractivity contribution is 0.107. The van der Waals surface area contributed by atoms with Crippen molar-refractivity contribution in [2.75, 3.05) is 19.7 Å². The topological polar surface area (TPSA) is 91.6 Å². The average molecular weight is 561 g/mol. The van der Waals surface area contributed by atoms with Gasteiger partial charge in [0.05, 0.1) is 22.4 Å². The number of benzene rings is 2. The fourth-order valence-corrected chi connectivity index (χ4v) is 6.72. The van der Waals surface area contributed by atoms with E-state index in [1.165, 1.54) is 30.5 Å². The average Bonchev–Trinajstić information content (AvgIpc) is 3.22. The number of phenols is 1. The van der Waals surface area contributed by atoms with E-state index in [9.17, 15) is 19.0 Å². The van der Waals surface area contributed by atoms with Gasteiger partial charge in [-0.3, -0.25) is 9.88 Å². The quantitative estimate of drug-likeness (QED) is 0.332. The first-order chi connectivity index (χ1) is 19.6. The van der Waals surface area contributed by atoms with Crippen molar-refractivity contribution in [1.29, 1.82) is 0 Å². The number of alkyl halides is 1. The van der Waals surface area contributed by atoms with Crippen molar-refractivity contribution < 1.29 is 28.1 Å². The van der Waals surface area contributed by atoms with Crippen LogP contribution in [-0.2, 0) is 0 Å². The zero-order valence-corrected chi connectivity index (χ0v) is 22.3. The molecule has 3 aliphatic rings. The van der Waals surface area contributed by atoms with Crippen LogP contribution in [0.2, 0.25) is 0 Å². The van der Waals surface area contributed by atoms with Crippen molar-refractivity contribution in [2.45, 2.75) is 55.8 Å². The maximum atomic E-state index is 16.4. The van der Waals surface area contributed by atoms with Gasteiger partial charge in [0, 0.05) is 41.4 Å². The highest BCUT2D eigenvalue weighted by Gasteiger charge is 2.52. The summed E-state index contributed by atoms with van der Waals surface area (Å²) in [5, 5.41) is 22.0. The normalized spacial score (nSPS) is 27.3. The Morgan fingerprint density at radius 2 is 2.02 bits per heavy atom. The molecule has 41 heavy (non-hydrogen) atoms. The predicted octanol–water partition coefficient (Wildman–Crippen LogP) is 5.00. The second-order valence-corrected chi connectivity index (χ2v) is 11.7. The number of fused-ring (bicyclic) bond motifs is 3. The molecule has 0 radical (unpaired) electrons. The molecule has 0 spiro atoms. The molecule has 7 nitrogen and oxygen atoms in total. The van der Waals surface area contributed by atoms with Gasteiger partial charge >= 0.3 is 6.01 Å². The van der Waals surface area contributed by atoms with Gasteiger partial charge in [0.2, 0.25) is 0 Å². The summed E-state index contributed by atoms with van der Waals surface area (Å²) in [5.74, 6) is 0.282. The number of hydrogen-bond donors (Lipinski definition) is 2. The van der Waals surface area contributed by atoms with Gasteiger partial charge in [-0.2, -0.15) is 9.97 Å². The van der Waals surface area contributed by atoms with Gasteiger partial charge in [-0.25, -0.2) is 13.2 Å². The monoisotopic (exact) mass is 560 g/mol. The van der Waals surface area contributed by atoms with Crippen LogP contribution in [0.1, 0.15) is 49.8 Å². The molecule has 3 fully saturated rings. The van der Waals surface area contributed by atoms with Crippen LogP contribution in [0.5, 0.6) is 11.8 Å². The molecule has 4 atom stereocenters. The Labute approximate surface area is 234 Å². The molecule has 4 aromatic rings. The van der Waals surface area contributed by atoms with E-state index in [2.05, 4.69) is 25.8 Å². The number of aromatic nitrogens is 3. The minimum atomic E-state index is -1.03. The summed E-state index contributed by atoms with van der Waals surface area (Å²) in [4.78, 5) is 15.4. The van der Waals surface area contributed by atoms with Gasteiger partial charge in [0.25, 0.3) is 0 Å². The van der Waals surface area contributed by atoms with Crippen molar-refractivity contribution in [3.05, 3.63) is 53.4 Å². The lowest BCUT2D eigenvalue weighted by atomic mass is 9.95. The van der Waals surface area contributed by atoms with E-state index >= 15 is 4.39 Å². The summed E-state index contributed by atoms with van der Waals surface area (Å²) in [6.45, 7) is 2.98. The third-order valence-corrected chi connectivity index (χ3v) is 8.91. The minimum Gasteiger partial charge on any atom is -0.508 e. The molecule has 2 aromatic carbocycles. The zero-order valence-electron chi connectivity index (χ0n) is 22.3. The van der Waals surface area contributed by atoms with E-state index < -0.39 is 28.9 Å². The Balaban J connectivity index is 1.38. The van der Waals surface area contributed by atoms with Crippen molar-refractivity contribution in [3.8, 4) is 35.4 Å². The third kappa shape index (κ3) is 4.10. The zero-order chi connectivity index (χ0) is 28.7. The van der Waals surface area contributed by atoms with Crippen LogP contribution in [0.4, 0.5) is 13.2 Å². The van der Waals surface area contributed by atoms with Gasteiger partial charge in [0.1, 0.15) is 35.6 Å². The fourth-order valence-electron chi connectivity index (χ4n) is 6.72. The number of aliphatic hydroxyl groups is 1. The van der Waals surface area contributed by atoms with Crippen LogP contribution in [0.15, 0.2) is 30.5 Å². The molecule has 2 aliphatic heterocycles. The Morgan fingerprint density at radius 3 is 2.78 bits per heavy atom. The lowest BCUT2D eigenvalue weighted by Crippen LogP contribution is -2.43. The van der Waals surface area contributed by atoms with Crippen LogP contribution in [0.25, 0.3) is 32.9 Å². The van der Waals surface area contributed by atoms with Crippen LogP contribution in [-0.4, -0.2) is 67.1 Å². The molecular weight excluding hydrogens is 533 g/mol.